The van der Waals surface area contributed by atoms with Crippen LogP contribution in [0.5, 0.6) is 17.2 Å². The molecule has 0 radical (unpaired) electrons. The van der Waals surface area contributed by atoms with E-state index in [1.165, 1.54) is 0 Å². The molecule has 0 aliphatic heterocycles. The molecule has 0 amide bonds. The molecular formula is C16H17NO3. The number of para-hydroxylation sites is 1. The predicted octanol–water partition coefficient (Wildman–Crippen LogP) is 3.12. The van der Waals surface area contributed by atoms with Crippen molar-refractivity contribution in [2.75, 3.05) is 7.11 Å². The highest BCUT2D eigenvalue weighted by atomic mass is 16.5. The number of phenols is 2. The van der Waals surface area contributed by atoms with Crippen molar-refractivity contribution in [3.63, 3.8) is 0 Å². The molecule has 0 atom stereocenters. The Morgan fingerprint density at radius 3 is 2.50 bits per heavy atom. The second kappa shape index (κ2) is 6.10. The topological polar surface area (TPSA) is 62.0 Å². The van der Waals surface area contributed by atoms with Gasteiger partial charge in [0, 0.05) is 22.9 Å². The standard InChI is InChI=1S/C16H17NO3/c1-11(14-8-7-13(20-2)9-16(14)19)17-10-12-5-3-4-6-15(12)18/h3-9,18-19H,10H2,1-2H3. The normalized spacial score (nSPS) is 11.4. The fraction of sp³-hybridized carbons (Fsp3) is 0.188. The van der Waals surface area contributed by atoms with E-state index in [9.17, 15) is 10.2 Å². The van der Waals surface area contributed by atoms with Crippen LogP contribution in [0.2, 0.25) is 0 Å². The van der Waals surface area contributed by atoms with Gasteiger partial charge in [0.15, 0.2) is 0 Å². The van der Waals surface area contributed by atoms with E-state index in [1.54, 1.807) is 37.4 Å². The van der Waals surface area contributed by atoms with Gasteiger partial charge in [0.1, 0.15) is 17.2 Å². The molecule has 0 saturated carbocycles. The smallest absolute Gasteiger partial charge is 0.128 e. The lowest BCUT2D eigenvalue weighted by Crippen LogP contribution is -1.97. The van der Waals surface area contributed by atoms with E-state index in [-0.39, 0.29) is 11.5 Å². The molecule has 0 unspecified atom stereocenters. The van der Waals surface area contributed by atoms with Gasteiger partial charge in [0.2, 0.25) is 0 Å². The lowest BCUT2D eigenvalue weighted by Gasteiger charge is -2.07. The summed E-state index contributed by atoms with van der Waals surface area (Å²) in [6, 6.07) is 12.2. The van der Waals surface area contributed by atoms with E-state index in [1.807, 2.05) is 19.1 Å². The number of methoxy groups -OCH3 is 1. The highest BCUT2D eigenvalue weighted by Gasteiger charge is 2.06. The number of phenolic OH excluding ortho intramolecular Hbond substituents is 2. The molecule has 2 aromatic rings. The number of hydrogen-bond acceptors (Lipinski definition) is 4. The summed E-state index contributed by atoms with van der Waals surface area (Å²) in [5, 5.41) is 19.6. The molecule has 2 aromatic carbocycles. The Morgan fingerprint density at radius 2 is 1.85 bits per heavy atom. The third kappa shape index (κ3) is 3.09. The summed E-state index contributed by atoms with van der Waals surface area (Å²) in [6.07, 6.45) is 0. The van der Waals surface area contributed by atoms with Crippen LogP contribution in [-0.2, 0) is 6.54 Å². The summed E-state index contributed by atoms with van der Waals surface area (Å²) in [5.74, 6) is 0.950. The maximum absolute atomic E-state index is 9.93. The maximum Gasteiger partial charge on any atom is 0.128 e. The number of hydrogen-bond donors (Lipinski definition) is 2. The molecule has 4 heteroatoms. The number of benzene rings is 2. The van der Waals surface area contributed by atoms with Crippen molar-refractivity contribution in [1.29, 1.82) is 0 Å². The molecule has 0 bridgehead atoms. The van der Waals surface area contributed by atoms with Crippen LogP contribution in [0.3, 0.4) is 0 Å². The van der Waals surface area contributed by atoms with Crippen molar-refractivity contribution in [2.24, 2.45) is 4.99 Å². The average Bonchev–Trinajstić information content (AvgIpc) is 2.46. The Hall–Kier alpha value is -2.49. The van der Waals surface area contributed by atoms with Crippen LogP contribution in [0.4, 0.5) is 0 Å². The van der Waals surface area contributed by atoms with Gasteiger partial charge in [-0.25, -0.2) is 0 Å². The summed E-state index contributed by atoms with van der Waals surface area (Å²) in [5.41, 5.74) is 2.11. The van der Waals surface area contributed by atoms with E-state index in [4.69, 9.17) is 4.74 Å². The molecule has 2 N–H and O–H groups in total. The number of aromatic hydroxyl groups is 2. The minimum absolute atomic E-state index is 0.128. The Morgan fingerprint density at radius 1 is 1.10 bits per heavy atom. The minimum atomic E-state index is 0.128. The van der Waals surface area contributed by atoms with Gasteiger partial charge in [-0.15, -0.1) is 0 Å². The molecular weight excluding hydrogens is 254 g/mol. The summed E-state index contributed by atoms with van der Waals surface area (Å²) < 4.78 is 5.04. The van der Waals surface area contributed by atoms with Gasteiger partial charge in [-0.3, -0.25) is 4.99 Å². The Balaban J connectivity index is 2.21. The van der Waals surface area contributed by atoms with Crippen LogP contribution in [0.25, 0.3) is 0 Å². The average molecular weight is 271 g/mol. The zero-order chi connectivity index (χ0) is 14.5. The first kappa shape index (κ1) is 13.9. The fourth-order valence-corrected chi connectivity index (χ4v) is 1.88. The van der Waals surface area contributed by atoms with Gasteiger partial charge in [-0.2, -0.15) is 0 Å². The van der Waals surface area contributed by atoms with Gasteiger partial charge in [0.25, 0.3) is 0 Å². The molecule has 0 spiro atoms. The predicted molar refractivity (Wildman–Crippen MR) is 78.7 cm³/mol. The minimum Gasteiger partial charge on any atom is -0.508 e. The molecule has 0 aliphatic carbocycles. The summed E-state index contributed by atoms with van der Waals surface area (Å²) in [6.45, 7) is 2.19. The third-order valence-electron chi connectivity index (χ3n) is 3.07. The van der Waals surface area contributed by atoms with Crippen LogP contribution >= 0.6 is 0 Å². The maximum atomic E-state index is 9.93. The molecule has 0 saturated heterocycles. The van der Waals surface area contributed by atoms with Crippen LogP contribution in [0.15, 0.2) is 47.5 Å². The number of nitrogens with zero attached hydrogens (tertiary/aromatic N) is 1. The van der Waals surface area contributed by atoms with Gasteiger partial charge in [0.05, 0.1) is 13.7 Å². The van der Waals surface area contributed by atoms with Crippen molar-refractivity contribution in [3.8, 4) is 17.2 Å². The summed E-state index contributed by atoms with van der Waals surface area (Å²) >= 11 is 0. The van der Waals surface area contributed by atoms with E-state index in [0.717, 1.165) is 5.56 Å². The molecule has 4 nitrogen and oxygen atoms in total. The van der Waals surface area contributed by atoms with Gasteiger partial charge in [-0.1, -0.05) is 18.2 Å². The van der Waals surface area contributed by atoms with E-state index in [2.05, 4.69) is 4.99 Å². The van der Waals surface area contributed by atoms with Crippen molar-refractivity contribution >= 4 is 5.71 Å². The van der Waals surface area contributed by atoms with E-state index < -0.39 is 0 Å². The second-order valence-electron chi connectivity index (χ2n) is 4.41. The van der Waals surface area contributed by atoms with Crippen molar-refractivity contribution < 1.29 is 14.9 Å². The number of ether oxygens (including phenoxy) is 1. The molecule has 0 aromatic heterocycles. The van der Waals surface area contributed by atoms with Crippen molar-refractivity contribution in [1.82, 2.24) is 0 Å². The first-order valence-corrected chi connectivity index (χ1v) is 6.27. The van der Waals surface area contributed by atoms with Gasteiger partial charge >= 0.3 is 0 Å². The van der Waals surface area contributed by atoms with Crippen molar-refractivity contribution in [2.45, 2.75) is 13.5 Å². The Bertz CT molecular complexity index is 635. The van der Waals surface area contributed by atoms with E-state index in [0.29, 0.717) is 23.6 Å². The molecule has 20 heavy (non-hydrogen) atoms. The van der Waals surface area contributed by atoms with Crippen LogP contribution in [0.1, 0.15) is 18.1 Å². The quantitative estimate of drug-likeness (QED) is 0.840. The first-order chi connectivity index (χ1) is 9.61. The second-order valence-corrected chi connectivity index (χ2v) is 4.41. The first-order valence-electron chi connectivity index (χ1n) is 6.27. The van der Waals surface area contributed by atoms with Crippen molar-refractivity contribution in [3.05, 3.63) is 53.6 Å². The highest BCUT2D eigenvalue weighted by Crippen LogP contribution is 2.24. The Labute approximate surface area is 118 Å². The summed E-state index contributed by atoms with van der Waals surface area (Å²) in [4.78, 5) is 4.40. The van der Waals surface area contributed by atoms with Crippen LogP contribution in [-0.4, -0.2) is 23.0 Å². The van der Waals surface area contributed by atoms with Gasteiger partial charge < -0.3 is 14.9 Å². The molecule has 0 heterocycles. The number of rotatable bonds is 4. The lowest BCUT2D eigenvalue weighted by molar-refractivity contribution is 0.407. The molecule has 2 rings (SSSR count). The van der Waals surface area contributed by atoms with Crippen LogP contribution < -0.4 is 4.74 Å². The van der Waals surface area contributed by atoms with Crippen LogP contribution in [0, 0.1) is 0 Å². The number of aliphatic imine (C=N–C) groups is 1. The molecule has 0 aliphatic rings. The summed E-state index contributed by atoms with van der Waals surface area (Å²) in [7, 11) is 1.55. The molecule has 0 fully saturated rings. The van der Waals surface area contributed by atoms with Gasteiger partial charge in [-0.05, 0) is 25.1 Å². The lowest BCUT2D eigenvalue weighted by atomic mass is 10.1. The highest BCUT2D eigenvalue weighted by molar-refractivity contribution is 6.01. The molecule has 104 valence electrons. The zero-order valence-corrected chi connectivity index (χ0v) is 11.5. The largest absolute Gasteiger partial charge is 0.508 e. The van der Waals surface area contributed by atoms with E-state index >= 15 is 0 Å². The Kier molecular flexibility index (Phi) is 4.25. The monoisotopic (exact) mass is 271 g/mol. The SMILES string of the molecule is COc1ccc(C(C)=NCc2ccccc2O)c(O)c1. The fourth-order valence-electron chi connectivity index (χ4n) is 1.88. The third-order valence-corrected chi connectivity index (χ3v) is 3.07. The zero-order valence-electron chi connectivity index (χ0n) is 11.5.